The molecule has 7 heteroatoms. The Balaban J connectivity index is 1.51. The lowest BCUT2D eigenvalue weighted by molar-refractivity contribution is -0.138. The van der Waals surface area contributed by atoms with Crippen LogP contribution in [0.15, 0.2) is 79.0 Å². The van der Waals surface area contributed by atoms with E-state index < -0.39 is 18.3 Å². The maximum Gasteiger partial charge on any atom is 0.243 e. The van der Waals surface area contributed by atoms with Crippen molar-refractivity contribution in [3.8, 4) is 0 Å². The van der Waals surface area contributed by atoms with Gasteiger partial charge in [-0.15, -0.1) is 0 Å². The summed E-state index contributed by atoms with van der Waals surface area (Å²) in [6.45, 7) is 1.84. The molecule has 6 nitrogen and oxygen atoms in total. The van der Waals surface area contributed by atoms with Gasteiger partial charge in [-0.25, -0.2) is 4.39 Å². The summed E-state index contributed by atoms with van der Waals surface area (Å²) in [5.74, 6) is -0.602. The van der Waals surface area contributed by atoms with Crippen molar-refractivity contribution in [2.45, 2.75) is 50.5 Å². The van der Waals surface area contributed by atoms with Crippen molar-refractivity contribution < 1.29 is 14.0 Å². The molecule has 1 aromatic heterocycles. The number of aryl methyl sites for hydroxylation is 1. The van der Waals surface area contributed by atoms with E-state index in [0.717, 1.165) is 22.4 Å². The highest BCUT2D eigenvalue weighted by Crippen LogP contribution is 2.27. The van der Waals surface area contributed by atoms with Crippen LogP contribution in [-0.4, -0.2) is 40.5 Å². The number of nitrogens with one attached hydrogen (secondary N) is 1. The van der Waals surface area contributed by atoms with Crippen molar-refractivity contribution in [1.82, 2.24) is 15.2 Å². The van der Waals surface area contributed by atoms with Gasteiger partial charge in [-0.1, -0.05) is 60.7 Å². The Hall–Kier alpha value is -3.58. The number of nitrogens with two attached hydrogens (primary N) is 1. The monoisotopic (exact) mass is 474 g/mol. The van der Waals surface area contributed by atoms with Crippen LogP contribution in [-0.2, 0) is 16.0 Å². The molecule has 2 aromatic carbocycles. The molecule has 182 valence electrons. The molecule has 2 heterocycles. The second kappa shape index (κ2) is 11.2. The summed E-state index contributed by atoms with van der Waals surface area (Å²) in [7, 11) is 0. The Kier molecular flexibility index (Phi) is 7.87. The molecule has 1 aliphatic heterocycles. The summed E-state index contributed by atoms with van der Waals surface area (Å²) < 4.78 is 14.4. The SMILES string of the molecule is CC(N)c1ccc([C@@H](NC(=O)[C@@H]2C[C@@H](F)CN2C(=O)CCc2ccccn2)c2ccccc2)cc1. The Morgan fingerprint density at radius 1 is 1.03 bits per heavy atom. The molecule has 4 atom stereocenters. The van der Waals surface area contributed by atoms with Gasteiger partial charge in [0.2, 0.25) is 11.8 Å². The third-order valence-electron chi connectivity index (χ3n) is 6.41. The molecule has 1 aliphatic rings. The molecular weight excluding hydrogens is 443 g/mol. The lowest BCUT2D eigenvalue weighted by atomic mass is 9.96. The maximum atomic E-state index is 14.4. The van der Waals surface area contributed by atoms with Crippen LogP contribution in [0.2, 0.25) is 0 Å². The number of nitrogens with zero attached hydrogens (tertiary/aromatic N) is 2. The normalized spacial score (nSPS) is 19.2. The van der Waals surface area contributed by atoms with E-state index in [1.165, 1.54) is 4.90 Å². The molecule has 1 fully saturated rings. The van der Waals surface area contributed by atoms with Crippen LogP contribution in [0.1, 0.15) is 54.2 Å². The van der Waals surface area contributed by atoms with Gasteiger partial charge in [-0.3, -0.25) is 14.6 Å². The predicted octanol–water partition coefficient (Wildman–Crippen LogP) is 3.88. The number of rotatable bonds is 8. The zero-order valence-electron chi connectivity index (χ0n) is 19.8. The van der Waals surface area contributed by atoms with Crippen molar-refractivity contribution in [3.63, 3.8) is 0 Å². The average molecular weight is 475 g/mol. The first kappa shape index (κ1) is 24.5. The summed E-state index contributed by atoms with van der Waals surface area (Å²) >= 11 is 0. The van der Waals surface area contributed by atoms with Gasteiger partial charge in [0.25, 0.3) is 0 Å². The Morgan fingerprint density at radius 3 is 2.34 bits per heavy atom. The zero-order chi connectivity index (χ0) is 24.8. The van der Waals surface area contributed by atoms with Gasteiger partial charge in [-0.05, 0) is 42.2 Å². The molecule has 0 aliphatic carbocycles. The molecular formula is C28H31FN4O2. The van der Waals surface area contributed by atoms with Gasteiger partial charge >= 0.3 is 0 Å². The van der Waals surface area contributed by atoms with Crippen molar-refractivity contribution in [2.75, 3.05) is 6.54 Å². The third kappa shape index (κ3) is 6.11. The van der Waals surface area contributed by atoms with Crippen LogP contribution in [0, 0.1) is 0 Å². The molecule has 2 amide bonds. The van der Waals surface area contributed by atoms with E-state index in [9.17, 15) is 14.0 Å². The van der Waals surface area contributed by atoms with Gasteiger partial charge in [0.15, 0.2) is 0 Å². The van der Waals surface area contributed by atoms with Crippen molar-refractivity contribution in [1.29, 1.82) is 0 Å². The summed E-state index contributed by atoms with van der Waals surface area (Å²) in [5.41, 5.74) is 9.55. The largest absolute Gasteiger partial charge is 0.343 e. The summed E-state index contributed by atoms with van der Waals surface area (Å²) in [4.78, 5) is 32.0. The molecule has 0 radical (unpaired) electrons. The Bertz CT molecular complexity index is 1120. The number of likely N-dealkylation sites (tertiary alicyclic amines) is 1. The van der Waals surface area contributed by atoms with E-state index in [1.54, 1.807) is 6.20 Å². The number of carbonyl (C=O) groups is 2. The predicted molar refractivity (Wildman–Crippen MR) is 133 cm³/mol. The van der Waals surface area contributed by atoms with Crippen LogP contribution >= 0.6 is 0 Å². The fraction of sp³-hybridized carbons (Fsp3) is 0.321. The number of benzene rings is 2. The van der Waals surface area contributed by atoms with Gasteiger partial charge in [0, 0.05) is 30.8 Å². The highest BCUT2D eigenvalue weighted by molar-refractivity contribution is 5.89. The topological polar surface area (TPSA) is 88.3 Å². The molecule has 4 rings (SSSR count). The van der Waals surface area contributed by atoms with Gasteiger partial charge in [0.05, 0.1) is 12.6 Å². The number of halogens is 1. The van der Waals surface area contributed by atoms with Crippen LogP contribution in [0.4, 0.5) is 4.39 Å². The standard InChI is InChI=1S/C28H31FN4O2/c1-19(30)20-10-12-22(13-11-20)27(21-7-3-2-4-8-21)32-28(35)25-17-23(29)18-33(25)26(34)15-14-24-9-5-6-16-31-24/h2-13,16,19,23,25,27H,14-15,17-18,30H2,1H3,(H,32,35)/t19?,23-,25+,27+/m1/s1. The number of carbonyl (C=O) groups excluding carboxylic acids is 2. The minimum Gasteiger partial charge on any atom is -0.343 e. The first-order chi connectivity index (χ1) is 16.9. The fourth-order valence-electron chi connectivity index (χ4n) is 4.47. The van der Waals surface area contributed by atoms with Crippen LogP contribution in [0.5, 0.6) is 0 Å². The first-order valence-corrected chi connectivity index (χ1v) is 12.0. The smallest absolute Gasteiger partial charge is 0.243 e. The number of hydrogen-bond acceptors (Lipinski definition) is 4. The molecule has 3 aromatic rings. The molecule has 0 spiro atoms. The number of amides is 2. The summed E-state index contributed by atoms with van der Waals surface area (Å²) in [5, 5.41) is 3.08. The van der Waals surface area contributed by atoms with Crippen LogP contribution in [0.25, 0.3) is 0 Å². The van der Waals surface area contributed by atoms with Gasteiger partial charge in [0.1, 0.15) is 12.2 Å². The second-order valence-corrected chi connectivity index (χ2v) is 9.02. The molecule has 3 N–H and O–H groups in total. The minimum absolute atomic E-state index is 0.00764. The molecule has 0 saturated carbocycles. The van der Waals surface area contributed by atoms with Crippen molar-refractivity contribution >= 4 is 11.8 Å². The average Bonchev–Trinajstić information content (AvgIpc) is 3.29. The van der Waals surface area contributed by atoms with E-state index in [4.69, 9.17) is 5.73 Å². The van der Waals surface area contributed by atoms with E-state index in [2.05, 4.69) is 10.3 Å². The Morgan fingerprint density at radius 2 is 1.69 bits per heavy atom. The van der Waals surface area contributed by atoms with Gasteiger partial charge < -0.3 is 16.0 Å². The number of alkyl halides is 1. The van der Waals surface area contributed by atoms with E-state index in [1.807, 2.05) is 79.7 Å². The van der Waals surface area contributed by atoms with Crippen molar-refractivity contribution in [3.05, 3.63) is 101 Å². The summed E-state index contributed by atoms with van der Waals surface area (Å²) in [6, 6.07) is 21.5. The van der Waals surface area contributed by atoms with Crippen molar-refractivity contribution in [2.24, 2.45) is 5.73 Å². The number of pyridine rings is 1. The summed E-state index contributed by atoms with van der Waals surface area (Å²) in [6.07, 6.45) is 1.05. The highest BCUT2D eigenvalue weighted by atomic mass is 19.1. The number of hydrogen-bond donors (Lipinski definition) is 2. The fourth-order valence-corrected chi connectivity index (χ4v) is 4.47. The lowest BCUT2D eigenvalue weighted by Crippen LogP contribution is -2.47. The van der Waals surface area contributed by atoms with E-state index >= 15 is 0 Å². The second-order valence-electron chi connectivity index (χ2n) is 9.02. The molecule has 0 bridgehead atoms. The quantitative estimate of drug-likeness (QED) is 0.519. The van der Waals surface area contributed by atoms with Crippen LogP contribution in [0.3, 0.4) is 0 Å². The molecule has 1 saturated heterocycles. The Labute approximate surface area is 205 Å². The van der Waals surface area contributed by atoms with E-state index in [-0.39, 0.29) is 37.2 Å². The van der Waals surface area contributed by atoms with Gasteiger partial charge in [-0.2, -0.15) is 0 Å². The first-order valence-electron chi connectivity index (χ1n) is 12.0. The minimum atomic E-state index is -1.23. The number of aromatic nitrogens is 1. The lowest BCUT2D eigenvalue weighted by Gasteiger charge is -2.27. The highest BCUT2D eigenvalue weighted by Gasteiger charge is 2.40. The van der Waals surface area contributed by atoms with Crippen LogP contribution < -0.4 is 11.1 Å². The molecule has 35 heavy (non-hydrogen) atoms. The zero-order valence-corrected chi connectivity index (χ0v) is 19.8. The molecule has 1 unspecified atom stereocenters. The maximum absolute atomic E-state index is 14.4. The third-order valence-corrected chi connectivity index (χ3v) is 6.41. The van der Waals surface area contributed by atoms with E-state index in [0.29, 0.717) is 6.42 Å².